The molecule has 1 heterocycles. The average molecular weight is 341 g/mol. The molecule has 2 N–H and O–H groups in total. The Kier molecular flexibility index (Phi) is 4.74. The number of rotatable bonds is 6. The fraction of sp³-hybridized carbons (Fsp3) is 0.222. The molecule has 0 amide bonds. The van der Waals surface area contributed by atoms with Crippen LogP contribution in [0.25, 0.3) is 10.9 Å². The monoisotopic (exact) mass is 341 g/mol. The van der Waals surface area contributed by atoms with Gasteiger partial charge >= 0.3 is 5.69 Å². The van der Waals surface area contributed by atoms with Crippen LogP contribution >= 0.6 is 0 Å². The van der Waals surface area contributed by atoms with Crippen LogP contribution in [0.5, 0.6) is 11.5 Å². The quantitative estimate of drug-likeness (QED) is 0.714. The van der Waals surface area contributed by atoms with Crippen LogP contribution in [-0.2, 0) is 6.54 Å². The minimum atomic E-state index is -0.459. The highest BCUT2D eigenvalue weighted by Crippen LogP contribution is 2.29. The molecule has 130 valence electrons. The summed E-state index contributed by atoms with van der Waals surface area (Å²) in [6.45, 7) is 0.694. The molecule has 0 aliphatic carbocycles. The first-order valence-electron chi connectivity index (χ1n) is 7.82. The lowest BCUT2D eigenvalue weighted by Crippen LogP contribution is -2.36. The van der Waals surface area contributed by atoms with Gasteiger partial charge in [0.15, 0.2) is 11.5 Å². The van der Waals surface area contributed by atoms with Crippen molar-refractivity contribution in [2.24, 2.45) is 0 Å². The SMILES string of the molecule is COc1cc2[nH]c(=O)n(CCNc3ccccc3)c(=O)c2cc1OC. The van der Waals surface area contributed by atoms with E-state index >= 15 is 0 Å². The summed E-state index contributed by atoms with van der Waals surface area (Å²) in [5.74, 6) is 0.890. The van der Waals surface area contributed by atoms with Gasteiger partial charge in [-0.25, -0.2) is 4.79 Å². The van der Waals surface area contributed by atoms with Gasteiger partial charge in [-0.2, -0.15) is 0 Å². The predicted molar refractivity (Wildman–Crippen MR) is 96.9 cm³/mol. The summed E-state index contributed by atoms with van der Waals surface area (Å²) < 4.78 is 11.6. The number of para-hydroxylation sites is 1. The van der Waals surface area contributed by atoms with E-state index in [4.69, 9.17) is 9.47 Å². The molecule has 0 unspecified atom stereocenters. The number of methoxy groups -OCH3 is 2. The van der Waals surface area contributed by atoms with Crippen LogP contribution in [0, 0.1) is 0 Å². The van der Waals surface area contributed by atoms with E-state index in [0.717, 1.165) is 5.69 Å². The van der Waals surface area contributed by atoms with Gasteiger partial charge in [-0.3, -0.25) is 9.36 Å². The Morgan fingerprint density at radius 2 is 1.72 bits per heavy atom. The van der Waals surface area contributed by atoms with Crippen molar-refractivity contribution in [1.29, 1.82) is 0 Å². The van der Waals surface area contributed by atoms with Gasteiger partial charge in [-0.15, -0.1) is 0 Å². The maximum atomic E-state index is 12.7. The van der Waals surface area contributed by atoms with Gasteiger partial charge in [0.25, 0.3) is 5.56 Å². The van der Waals surface area contributed by atoms with Crippen LogP contribution in [0.4, 0.5) is 5.69 Å². The number of fused-ring (bicyclic) bond motifs is 1. The highest BCUT2D eigenvalue weighted by Gasteiger charge is 2.12. The molecule has 0 saturated heterocycles. The van der Waals surface area contributed by atoms with Gasteiger partial charge in [0.2, 0.25) is 0 Å². The molecule has 25 heavy (non-hydrogen) atoms. The predicted octanol–water partition coefficient (Wildman–Crippen LogP) is 1.82. The van der Waals surface area contributed by atoms with E-state index in [1.165, 1.54) is 18.8 Å². The third-order valence-electron chi connectivity index (χ3n) is 3.92. The van der Waals surface area contributed by atoms with Gasteiger partial charge in [-0.1, -0.05) is 18.2 Å². The summed E-state index contributed by atoms with van der Waals surface area (Å²) in [6, 6.07) is 12.8. The topological polar surface area (TPSA) is 85.4 Å². The maximum Gasteiger partial charge on any atom is 0.328 e. The van der Waals surface area contributed by atoms with E-state index in [-0.39, 0.29) is 12.1 Å². The number of hydrogen-bond acceptors (Lipinski definition) is 5. The first-order chi connectivity index (χ1) is 12.1. The van der Waals surface area contributed by atoms with E-state index in [1.807, 2.05) is 30.3 Å². The highest BCUT2D eigenvalue weighted by atomic mass is 16.5. The minimum absolute atomic E-state index is 0.243. The number of nitrogens with one attached hydrogen (secondary N) is 2. The van der Waals surface area contributed by atoms with Gasteiger partial charge in [0.05, 0.1) is 25.1 Å². The van der Waals surface area contributed by atoms with Crippen LogP contribution in [0.3, 0.4) is 0 Å². The van der Waals surface area contributed by atoms with E-state index in [9.17, 15) is 9.59 Å². The van der Waals surface area contributed by atoms with Crippen LogP contribution < -0.4 is 26.0 Å². The molecule has 0 atom stereocenters. The van der Waals surface area contributed by atoms with E-state index in [2.05, 4.69) is 10.3 Å². The maximum absolute atomic E-state index is 12.7. The second-order valence-electron chi connectivity index (χ2n) is 5.43. The molecule has 7 nitrogen and oxygen atoms in total. The molecule has 0 fully saturated rings. The second-order valence-corrected chi connectivity index (χ2v) is 5.43. The fourth-order valence-electron chi connectivity index (χ4n) is 2.65. The van der Waals surface area contributed by atoms with Crippen molar-refractivity contribution in [3.8, 4) is 11.5 Å². The highest BCUT2D eigenvalue weighted by molar-refractivity contribution is 5.81. The second kappa shape index (κ2) is 7.12. The standard InChI is InChI=1S/C18H19N3O4/c1-24-15-10-13-14(11-16(15)25-2)20-18(23)21(17(13)22)9-8-19-12-6-4-3-5-7-12/h3-7,10-11,19H,8-9H2,1-2H3,(H,20,23). The lowest BCUT2D eigenvalue weighted by molar-refractivity contribution is 0.355. The molecule has 1 aromatic heterocycles. The molecule has 2 aromatic carbocycles. The molecule has 0 aliphatic heterocycles. The smallest absolute Gasteiger partial charge is 0.328 e. The molecule has 0 bridgehead atoms. The van der Waals surface area contributed by atoms with Crippen molar-refractivity contribution < 1.29 is 9.47 Å². The van der Waals surface area contributed by atoms with Gasteiger partial charge in [0, 0.05) is 24.8 Å². The van der Waals surface area contributed by atoms with Gasteiger partial charge in [0.1, 0.15) is 0 Å². The Morgan fingerprint density at radius 3 is 2.40 bits per heavy atom. The summed E-state index contributed by atoms with van der Waals surface area (Å²) >= 11 is 0. The number of benzene rings is 2. The first kappa shape index (κ1) is 16.6. The number of anilines is 1. The summed E-state index contributed by atoms with van der Waals surface area (Å²) in [5, 5.41) is 3.55. The molecule has 3 aromatic rings. The number of aromatic nitrogens is 2. The van der Waals surface area contributed by atoms with Crippen LogP contribution in [0.15, 0.2) is 52.1 Å². The number of H-pyrrole nitrogens is 1. The van der Waals surface area contributed by atoms with Crippen LogP contribution in [-0.4, -0.2) is 30.3 Å². The van der Waals surface area contributed by atoms with E-state index < -0.39 is 5.69 Å². The van der Waals surface area contributed by atoms with Gasteiger partial charge in [-0.05, 0) is 18.2 Å². The molecular weight excluding hydrogens is 322 g/mol. The normalized spacial score (nSPS) is 10.6. The lowest BCUT2D eigenvalue weighted by Gasteiger charge is -2.11. The number of hydrogen-bond donors (Lipinski definition) is 2. The zero-order valence-corrected chi connectivity index (χ0v) is 14.0. The van der Waals surface area contributed by atoms with E-state index in [1.54, 1.807) is 12.1 Å². The van der Waals surface area contributed by atoms with Crippen molar-refractivity contribution >= 4 is 16.6 Å². The molecule has 0 aliphatic rings. The van der Waals surface area contributed by atoms with Crippen molar-refractivity contribution in [1.82, 2.24) is 9.55 Å². The van der Waals surface area contributed by atoms with E-state index in [0.29, 0.717) is 28.9 Å². The fourth-order valence-corrected chi connectivity index (χ4v) is 2.65. The lowest BCUT2D eigenvalue weighted by atomic mass is 10.2. The Bertz CT molecular complexity index is 993. The minimum Gasteiger partial charge on any atom is -0.493 e. The molecule has 0 spiro atoms. The average Bonchev–Trinajstić information content (AvgIpc) is 2.64. The van der Waals surface area contributed by atoms with Crippen molar-refractivity contribution in [3.63, 3.8) is 0 Å². The number of ether oxygens (including phenoxy) is 2. The van der Waals surface area contributed by atoms with Crippen molar-refractivity contribution in [2.75, 3.05) is 26.1 Å². The third kappa shape index (κ3) is 3.35. The first-order valence-corrected chi connectivity index (χ1v) is 7.82. The summed E-state index contributed by atoms with van der Waals surface area (Å²) in [4.78, 5) is 27.7. The molecular formula is C18H19N3O4. The molecule has 0 saturated carbocycles. The van der Waals surface area contributed by atoms with Crippen LogP contribution in [0.1, 0.15) is 0 Å². The summed E-state index contributed by atoms with van der Waals surface area (Å²) in [5.41, 5.74) is 0.522. The number of aromatic amines is 1. The van der Waals surface area contributed by atoms with Crippen molar-refractivity contribution in [3.05, 3.63) is 63.3 Å². The Balaban J connectivity index is 1.93. The van der Waals surface area contributed by atoms with Crippen LogP contribution in [0.2, 0.25) is 0 Å². The van der Waals surface area contributed by atoms with Gasteiger partial charge < -0.3 is 19.8 Å². The zero-order valence-electron chi connectivity index (χ0n) is 14.0. The number of nitrogens with zero attached hydrogens (tertiary/aromatic N) is 1. The molecule has 7 heteroatoms. The third-order valence-corrected chi connectivity index (χ3v) is 3.92. The Labute approximate surface area is 143 Å². The Hall–Kier alpha value is -3.22. The Morgan fingerprint density at radius 1 is 1.04 bits per heavy atom. The van der Waals surface area contributed by atoms with Crippen molar-refractivity contribution in [2.45, 2.75) is 6.54 Å². The largest absolute Gasteiger partial charge is 0.493 e. The zero-order chi connectivity index (χ0) is 17.8. The molecule has 0 radical (unpaired) electrons. The summed E-state index contributed by atoms with van der Waals surface area (Å²) in [6.07, 6.45) is 0. The molecule has 3 rings (SSSR count). The summed E-state index contributed by atoms with van der Waals surface area (Å²) in [7, 11) is 3.00.